The molecule has 0 radical (unpaired) electrons. The highest BCUT2D eigenvalue weighted by Crippen LogP contribution is 2.27. The lowest BCUT2D eigenvalue weighted by Crippen LogP contribution is -2.57. The summed E-state index contributed by atoms with van der Waals surface area (Å²) in [6.45, 7) is 0.988. The Bertz CT molecular complexity index is 393. The number of hydrogen-bond acceptors (Lipinski definition) is 3. The average molecular weight is 315 g/mol. The Morgan fingerprint density at radius 1 is 1.24 bits per heavy atom. The van der Waals surface area contributed by atoms with Crippen LogP contribution < -0.4 is 5.32 Å². The normalized spacial score (nSPS) is 28.7. The van der Waals surface area contributed by atoms with E-state index in [0.717, 1.165) is 6.92 Å². The molecule has 2 rings (SSSR count). The van der Waals surface area contributed by atoms with Crippen LogP contribution in [0.2, 0.25) is 0 Å². The number of carbonyl (C=O) groups excluding carboxylic acids is 1. The molecule has 0 bridgehead atoms. The summed E-state index contributed by atoms with van der Waals surface area (Å²) in [5, 5.41) is 2.47. The highest BCUT2D eigenvalue weighted by molar-refractivity contribution is 5.82. The summed E-state index contributed by atoms with van der Waals surface area (Å²) < 4.78 is 63.9. The van der Waals surface area contributed by atoms with Gasteiger partial charge in [0.2, 0.25) is 5.91 Å². The second-order valence-electron chi connectivity index (χ2n) is 5.57. The molecule has 4 nitrogen and oxygen atoms in total. The minimum absolute atomic E-state index is 0.0928. The van der Waals surface area contributed by atoms with Gasteiger partial charge in [-0.2, -0.15) is 13.2 Å². The van der Waals surface area contributed by atoms with E-state index in [1.807, 2.05) is 0 Å². The molecule has 122 valence electrons. The fraction of sp³-hybridized carbons (Fsp3) is 0.917. The largest absolute Gasteiger partial charge is 0.403 e. The zero-order chi connectivity index (χ0) is 15.8. The maximum Gasteiger partial charge on any atom is 0.403 e. The Balaban J connectivity index is 1.85. The molecule has 0 aromatic rings. The van der Waals surface area contributed by atoms with E-state index in [1.165, 1.54) is 9.80 Å². The van der Waals surface area contributed by atoms with Crippen molar-refractivity contribution >= 4 is 5.91 Å². The fourth-order valence-corrected chi connectivity index (χ4v) is 2.65. The fourth-order valence-electron chi connectivity index (χ4n) is 2.65. The van der Waals surface area contributed by atoms with Crippen molar-refractivity contribution in [3.8, 4) is 0 Å². The van der Waals surface area contributed by atoms with E-state index in [1.54, 1.807) is 0 Å². The Hall–Kier alpha value is -0.960. The molecule has 0 saturated carbocycles. The van der Waals surface area contributed by atoms with Crippen LogP contribution in [0.15, 0.2) is 0 Å². The van der Waals surface area contributed by atoms with Crippen LogP contribution in [0.3, 0.4) is 0 Å². The minimum atomic E-state index is -4.30. The maximum absolute atomic E-state index is 13.1. The predicted molar refractivity (Wildman–Crippen MR) is 65.0 cm³/mol. The van der Waals surface area contributed by atoms with Crippen LogP contribution in [0.25, 0.3) is 0 Å². The molecule has 2 heterocycles. The Morgan fingerprint density at radius 2 is 1.81 bits per heavy atom. The third-order valence-corrected chi connectivity index (χ3v) is 4.06. The van der Waals surface area contributed by atoms with Gasteiger partial charge in [0.25, 0.3) is 5.92 Å². The number of nitrogens with one attached hydrogen (secondary N) is 1. The molecule has 0 aromatic carbocycles. The first-order chi connectivity index (χ1) is 9.60. The lowest BCUT2D eigenvalue weighted by molar-refractivity contribution is -0.183. The number of rotatable bonds is 2. The van der Waals surface area contributed by atoms with Crippen molar-refractivity contribution in [3.05, 3.63) is 0 Å². The molecule has 2 saturated heterocycles. The van der Waals surface area contributed by atoms with Crippen molar-refractivity contribution in [1.29, 1.82) is 0 Å². The topological polar surface area (TPSA) is 35.6 Å². The Kier molecular flexibility index (Phi) is 4.44. The van der Waals surface area contributed by atoms with E-state index in [2.05, 4.69) is 5.32 Å². The van der Waals surface area contributed by atoms with Gasteiger partial charge in [0.15, 0.2) is 0 Å². The molecule has 21 heavy (non-hydrogen) atoms. The van der Waals surface area contributed by atoms with E-state index >= 15 is 0 Å². The van der Waals surface area contributed by atoms with Crippen LogP contribution in [-0.4, -0.2) is 72.6 Å². The van der Waals surface area contributed by atoms with Gasteiger partial charge in [0.1, 0.15) is 6.04 Å². The van der Waals surface area contributed by atoms with Crippen LogP contribution >= 0.6 is 0 Å². The van der Waals surface area contributed by atoms with Gasteiger partial charge >= 0.3 is 6.18 Å². The van der Waals surface area contributed by atoms with Gasteiger partial charge in [0.05, 0.1) is 12.6 Å². The molecule has 2 aliphatic heterocycles. The van der Waals surface area contributed by atoms with E-state index in [9.17, 15) is 26.7 Å². The SMILES string of the molecule is CC(N1CCN(C(=O)C2CC(F)(F)CN2)CC1)C(F)(F)F. The Morgan fingerprint density at radius 3 is 2.24 bits per heavy atom. The van der Waals surface area contributed by atoms with Crippen molar-refractivity contribution < 1.29 is 26.7 Å². The molecule has 9 heteroatoms. The number of carbonyl (C=O) groups is 1. The van der Waals surface area contributed by atoms with Crippen molar-refractivity contribution in [2.75, 3.05) is 32.7 Å². The van der Waals surface area contributed by atoms with Gasteiger partial charge in [-0.05, 0) is 6.92 Å². The van der Waals surface area contributed by atoms with Crippen LogP contribution in [0.5, 0.6) is 0 Å². The van der Waals surface area contributed by atoms with Crippen LogP contribution in [-0.2, 0) is 4.79 Å². The zero-order valence-corrected chi connectivity index (χ0v) is 11.6. The quantitative estimate of drug-likeness (QED) is 0.775. The predicted octanol–water partition coefficient (Wildman–Crippen LogP) is 1.08. The summed E-state index contributed by atoms with van der Waals surface area (Å²) in [6, 6.07) is -2.50. The van der Waals surface area contributed by atoms with Crippen LogP contribution in [0, 0.1) is 0 Å². The number of hydrogen-bond donors (Lipinski definition) is 1. The van der Waals surface area contributed by atoms with Gasteiger partial charge in [-0.15, -0.1) is 0 Å². The van der Waals surface area contributed by atoms with E-state index < -0.39 is 43.1 Å². The second kappa shape index (κ2) is 5.68. The summed E-state index contributed by atoms with van der Waals surface area (Å²) >= 11 is 0. The summed E-state index contributed by atoms with van der Waals surface area (Å²) in [5.74, 6) is -3.35. The number of halogens is 5. The number of amides is 1. The third-order valence-electron chi connectivity index (χ3n) is 4.06. The van der Waals surface area contributed by atoms with Crippen LogP contribution in [0.4, 0.5) is 22.0 Å². The van der Waals surface area contributed by atoms with Crippen molar-refractivity contribution in [3.63, 3.8) is 0 Å². The van der Waals surface area contributed by atoms with Gasteiger partial charge in [-0.25, -0.2) is 8.78 Å². The van der Waals surface area contributed by atoms with Gasteiger partial charge < -0.3 is 4.90 Å². The number of nitrogens with zero attached hydrogens (tertiary/aromatic N) is 2. The minimum Gasteiger partial charge on any atom is -0.339 e. The third kappa shape index (κ3) is 3.82. The smallest absolute Gasteiger partial charge is 0.339 e. The van der Waals surface area contributed by atoms with Crippen molar-refractivity contribution in [2.45, 2.75) is 37.5 Å². The highest BCUT2D eigenvalue weighted by atomic mass is 19.4. The number of piperazine rings is 1. The van der Waals surface area contributed by atoms with E-state index in [-0.39, 0.29) is 26.2 Å². The van der Waals surface area contributed by atoms with Gasteiger partial charge in [-0.3, -0.25) is 15.0 Å². The molecule has 2 atom stereocenters. The molecule has 2 unspecified atom stereocenters. The summed E-state index contributed by atoms with van der Waals surface area (Å²) in [7, 11) is 0. The molecule has 1 N–H and O–H groups in total. The monoisotopic (exact) mass is 315 g/mol. The van der Waals surface area contributed by atoms with Crippen molar-refractivity contribution in [1.82, 2.24) is 15.1 Å². The van der Waals surface area contributed by atoms with Crippen molar-refractivity contribution in [2.24, 2.45) is 0 Å². The van der Waals surface area contributed by atoms with E-state index in [4.69, 9.17) is 0 Å². The van der Waals surface area contributed by atoms with Crippen LogP contribution in [0.1, 0.15) is 13.3 Å². The van der Waals surface area contributed by atoms with Gasteiger partial charge in [0, 0.05) is 32.6 Å². The summed E-state index contributed by atoms with van der Waals surface area (Å²) in [6.07, 6.45) is -4.85. The lowest BCUT2D eigenvalue weighted by Gasteiger charge is -2.39. The second-order valence-corrected chi connectivity index (χ2v) is 5.57. The highest BCUT2D eigenvalue weighted by Gasteiger charge is 2.45. The number of alkyl halides is 5. The molecule has 0 spiro atoms. The maximum atomic E-state index is 13.1. The molecule has 0 aromatic heterocycles. The lowest BCUT2D eigenvalue weighted by atomic mass is 10.1. The molecule has 2 aliphatic rings. The molecular weight excluding hydrogens is 297 g/mol. The average Bonchev–Trinajstić information content (AvgIpc) is 2.76. The molecular formula is C12H18F5N3O. The first-order valence-corrected chi connectivity index (χ1v) is 6.81. The molecule has 0 aliphatic carbocycles. The molecule has 2 fully saturated rings. The Labute approximate surface area is 119 Å². The standard InChI is InChI=1S/C12H18F5N3O/c1-8(12(15,16)17)19-2-4-20(5-3-19)10(21)9-6-11(13,14)7-18-9/h8-9,18H,2-7H2,1H3. The zero-order valence-electron chi connectivity index (χ0n) is 11.6. The van der Waals surface area contributed by atoms with Gasteiger partial charge in [-0.1, -0.05) is 0 Å². The summed E-state index contributed by atoms with van der Waals surface area (Å²) in [4.78, 5) is 14.7. The summed E-state index contributed by atoms with van der Waals surface area (Å²) in [5.41, 5.74) is 0. The first kappa shape index (κ1) is 16.4. The first-order valence-electron chi connectivity index (χ1n) is 6.81. The van der Waals surface area contributed by atoms with E-state index in [0.29, 0.717) is 0 Å². The molecule has 1 amide bonds.